The first-order valence-electron chi connectivity index (χ1n) is 11.1. The number of methoxy groups -OCH3 is 1. The molecule has 2 heterocycles. The average molecular weight is 456 g/mol. The maximum absolute atomic E-state index is 13.1. The summed E-state index contributed by atoms with van der Waals surface area (Å²) in [4.78, 5) is 53.0. The Kier molecular flexibility index (Phi) is 7.73. The van der Waals surface area contributed by atoms with Crippen molar-refractivity contribution in [3.05, 3.63) is 36.9 Å². The Morgan fingerprint density at radius 1 is 1.21 bits per heavy atom. The van der Waals surface area contributed by atoms with Crippen LogP contribution in [0.15, 0.2) is 24.3 Å². The molecule has 0 saturated carbocycles. The molecule has 2 aromatic rings. The summed E-state index contributed by atoms with van der Waals surface area (Å²) in [6.45, 7) is 7.87. The quantitative estimate of drug-likeness (QED) is 0.434. The molecule has 0 bridgehead atoms. The summed E-state index contributed by atoms with van der Waals surface area (Å²) >= 11 is 0. The maximum atomic E-state index is 13.1. The summed E-state index contributed by atoms with van der Waals surface area (Å²) in [6, 6.07) is 5.37. The van der Waals surface area contributed by atoms with Gasteiger partial charge in [0.05, 0.1) is 13.2 Å². The van der Waals surface area contributed by atoms with Crippen LogP contribution in [0.3, 0.4) is 0 Å². The van der Waals surface area contributed by atoms with E-state index < -0.39 is 29.7 Å². The predicted octanol–water partition coefficient (Wildman–Crippen LogP) is 1.74. The van der Waals surface area contributed by atoms with E-state index in [0.29, 0.717) is 30.8 Å². The highest BCUT2D eigenvalue weighted by molar-refractivity contribution is 6.02. The summed E-state index contributed by atoms with van der Waals surface area (Å²) in [6.07, 6.45) is 1.17. The molecule has 1 aromatic heterocycles. The van der Waals surface area contributed by atoms with Crippen molar-refractivity contribution in [3.63, 3.8) is 0 Å². The standard InChI is InChI=1S/C24H31N4O5/c1-13(2)10-19(23(31)27-18(14(3)29)11-15-8-9-25-22(15)30)28-24(32)20-12-16-17(26-20)6-5-7-21(16)33-4/h5-7,12-13,15,18-19,26H,3,8-11H2,1-2,4H3,(H,25,30)(H,27,31)(H,28,32)/t15-,18-,19-/m0/s1. The number of amides is 3. The average Bonchev–Trinajstić information content (AvgIpc) is 3.38. The van der Waals surface area contributed by atoms with Crippen molar-refractivity contribution in [1.29, 1.82) is 0 Å². The topological polar surface area (TPSA) is 129 Å². The second kappa shape index (κ2) is 10.5. The van der Waals surface area contributed by atoms with E-state index in [1.165, 1.54) is 0 Å². The largest absolute Gasteiger partial charge is 0.496 e. The molecule has 1 fully saturated rings. The number of benzene rings is 1. The molecular formula is C24H31N4O5. The Morgan fingerprint density at radius 3 is 2.58 bits per heavy atom. The summed E-state index contributed by atoms with van der Waals surface area (Å²) in [7, 11) is 1.56. The van der Waals surface area contributed by atoms with E-state index in [4.69, 9.17) is 4.74 Å². The summed E-state index contributed by atoms with van der Waals surface area (Å²) in [5.74, 6) is -1.13. The zero-order chi connectivity index (χ0) is 24.1. The molecule has 4 N–H and O–H groups in total. The molecule has 0 aliphatic carbocycles. The minimum absolute atomic E-state index is 0.110. The van der Waals surface area contributed by atoms with Crippen molar-refractivity contribution in [2.24, 2.45) is 11.8 Å². The minimum Gasteiger partial charge on any atom is -0.496 e. The van der Waals surface area contributed by atoms with Crippen LogP contribution in [0, 0.1) is 18.8 Å². The first-order chi connectivity index (χ1) is 15.7. The van der Waals surface area contributed by atoms with E-state index in [1.54, 1.807) is 19.2 Å². The molecule has 1 saturated heterocycles. The van der Waals surface area contributed by atoms with Gasteiger partial charge in [0.25, 0.3) is 5.91 Å². The van der Waals surface area contributed by atoms with Gasteiger partial charge in [-0.05, 0) is 43.4 Å². The zero-order valence-electron chi connectivity index (χ0n) is 19.2. The molecule has 33 heavy (non-hydrogen) atoms. The van der Waals surface area contributed by atoms with Crippen molar-refractivity contribution < 1.29 is 23.9 Å². The van der Waals surface area contributed by atoms with E-state index in [2.05, 4.69) is 27.9 Å². The number of hydrogen-bond acceptors (Lipinski definition) is 5. The highest BCUT2D eigenvalue weighted by Gasteiger charge is 2.32. The highest BCUT2D eigenvalue weighted by Crippen LogP contribution is 2.26. The predicted molar refractivity (Wildman–Crippen MR) is 124 cm³/mol. The van der Waals surface area contributed by atoms with E-state index in [-0.39, 0.29) is 24.2 Å². The monoisotopic (exact) mass is 455 g/mol. The summed E-state index contributed by atoms with van der Waals surface area (Å²) in [5, 5.41) is 8.95. The van der Waals surface area contributed by atoms with Crippen molar-refractivity contribution in [1.82, 2.24) is 20.9 Å². The van der Waals surface area contributed by atoms with Gasteiger partial charge < -0.3 is 25.7 Å². The number of fused-ring (bicyclic) bond motifs is 1. The lowest BCUT2D eigenvalue weighted by atomic mass is 9.95. The Morgan fingerprint density at radius 2 is 1.97 bits per heavy atom. The van der Waals surface area contributed by atoms with Gasteiger partial charge in [-0.3, -0.25) is 19.2 Å². The highest BCUT2D eigenvalue weighted by atomic mass is 16.5. The number of nitrogens with one attached hydrogen (secondary N) is 4. The van der Waals surface area contributed by atoms with Gasteiger partial charge in [0.2, 0.25) is 11.8 Å². The lowest BCUT2D eigenvalue weighted by Crippen LogP contribution is -2.52. The molecule has 1 aromatic carbocycles. The van der Waals surface area contributed by atoms with Gasteiger partial charge in [-0.1, -0.05) is 19.9 Å². The molecule has 9 heteroatoms. The molecule has 3 amide bonds. The number of aromatic nitrogens is 1. The summed E-state index contributed by atoms with van der Waals surface area (Å²) < 4.78 is 5.34. The number of hydrogen-bond donors (Lipinski definition) is 4. The van der Waals surface area contributed by atoms with Gasteiger partial charge >= 0.3 is 0 Å². The van der Waals surface area contributed by atoms with E-state index >= 15 is 0 Å². The van der Waals surface area contributed by atoms with Crippen LogP contribution >= 0.6 is 0 Å². The molecular weight excluding hydrogens is 424 g/mol. The van der Waals surface area contributed by atoms with Crippen LogP contribution in [0.1, 0.15) is 43.6 Å². The van der Waals surface area contributed by atoms with Crippen LogP contribution in [0.5, 0.6) is 5.75 Å². The van der Waals surface area contributed by atoms with Gasteiger partial charge in [-0.2, -0.15) is 0 Å². The Hall–Kier alpha value is -3.36. The van der Waals surface area contributed by atoms with Crippen LogP contribution in [0.4, 0.5) is 0 Å². The molecule has 1 aliphatic rings. The third-order valence-electron chi connectivity index (χ3n) is 5.81. The molecule has 9 nitrogen and oxygen atoms in total. The number of carbonyl (C=O) groups excluding carboxylic acids is 4. The number of ketones is 1. The number of H-pyrrole nitrogens is 1. The maximum Gasteiger partial charge on any atom is 0.268 e. The fourth-order valence-corrected chi connectivity index (χ4v) is 4.06. The molecule has 3 rings (SSSR count). The number of Topliss-reactive ketones (excluding diaryl/α,β-unsaturated/α-hetero) is 1. The molecule has 0 unspecified atom stereocenters. The fourth-order valence-electron chi connectivity index (χ4n) is 4.06. The van der Waals surface area contributed by atoms with Crippen LogP contribution in [-0.2, 0) is 14.4 Å². The lowest BCUT2D eigenvalue weighted by molar-refractivity contribution is -0.129. The first kappa shape index (κ1) is 24.3. The fraction of sp³-hybridized carbons (Fsp3) is 0.458. The Labute approximate surface area is 193 Å². The first-order valence-corrected chi connectivity index (χ1v) is 11.1. The minimum atomic E-state index is -0.893. The third-order valence-corrected chi connectivity index (χ3v) is 5.81. The van der Waals surface area contributed by atoms with E-state index in [0.717, 1.165) is 10.9 Å². The van der Waals surface area contributed by atoms with Crippen LogP contribution in [0.25, 0.3) is 10.9 Å². The molecule has 177 valence electrons. The molecule has 1 radical (unpaired) electrons. The number of aromatic amines is 1. The van der Waals surface area contributed by atoms with Gasteiger partial charge in [-0.15, -0.1) is 0 Å². The number of carbonyl (C=O) groups is 4. The normalized spacial score (nSPS) is 17.5. The summed E-state index contributed by atoms with van der Waals surface area (Å²) in [5.41, 5.74) is 1.03. The lowest BCUT2D eigenvalue weighted by Gasteiger charge is -2.24. The molecule has 0 spiro atoms. The SMILES string of the molecule is [CH2]C(=O)[C@H](C[C@@H]1CCNC1=O)NC(=O)[C@H](CC(C)C)NC(=O)c1cc2c(OC)cccc2[nH]1. The smallest absolute Gasteiger partial charge is 0.268 e. The molecule has 3 atom stereocenters. The zero-order valence-corrected chi connectivity index (χ0v) is 19.2. The number of rotatable bonds is 10. The second-order valence-electron chi connectivity index (χ2n) is 8.80. The van der Waals surface area contributed by atoms with Gasteiger partial charge in [0.15, 0.2) is 5.78 Å². The van der Waals surface area contributed by atoms with Crippen molar-refractivity contribution in [2.75, 3.05) is 13.7 Å². The second-order valence-corrected chi connectivity index (χ2v) is 8.80. The van der Waals surface area contributed by atoms with Crippen LogP contribution in [-0.4, -0.2) is 54.2 Å². The Balaban J connectivity index is 1.74. The number of ether oxygens (including phenoxy) is 1. The van der Waals surface area contributed by atoms with Crippen LogP contribution < -0.4 is 20.7 Å². The van der Waals surface area contributed by atoms with Crippen molar-refractivity contribution >= 4 is 34.4 Å². The van der Waals surface area contributed by atoms with E-state index in [9.17, 15) is 19.2 Å². The van der Waals surface area contributed by atoms with Gasteiger partial charge in [0.1, 0.15) is 17.5 Å². The van der Waals surface area contributed by atoms with Gasteiger partial charge in [0, 0.05) is 30.3 Å². The molecule has 1 aliphatic heterocycles. The van der Waals surface area contributed by atoms with Crippen molar-refractivity contribution in [2.45, 2.75) is 45.2 Å². The van der Waals surface area contributed by atoms with E-state index in [1.807, 2.05) is 26.0 Å². The van der Waals surface area contributed by atoms with Crippen molar-refractivity contribution in [3.8, 4) is 5.75 Å². The van der Waals surface area contributed by atoms with Gasteiger partial charge in [-0.25, -0.2) is 0 Å². The third kappa shape index (κ3) is 5.91. The Bertz CT molecular complexity index is 1040. The van der Waals surface area contributed by atoms with Crippen LogP contribution in [0.2, 0.25) is 0 Å².